The molecule has 0 saturated heterocycles. The van der Waals surface area contributed by atoms with E-state index in [9.17, 15) is 9.59 Å². The summed E-state index contributed by atoms with van der Waals surface area (Å²) in [5, 5.41) is 4.82. The molecule has 0 spiro atoms. The Bertz CT molecular complexity index is 887. The third-order valence-electron chi connectivity index (χ3n) is 3.12. The van der Waals surface area contributed by atoms with Crippen LogP contribution in [0.3, 0.4) is 0 Å². The molecule has 104 valence electrons. The first-order valence-electron chi connectivity index (χ1n) is 6.32. The average molecular weight is 343 g/mol. The van der Waals surface area contributed by atoms with Gasteiger partial charge in [0.1, 0.15) is 5.56 Å². The minimum Gasteiger partial charge on any atom is -0.328 e. The predicted octanol–water partition coefficient (Wildman–Crippen LogP) is 3.54. The molecule has 1 amide bonds. The second-order valence-corrected chi connectivity index (χ2v) is 5.49. The SMILES string of the molecule is O=C(Nc1ccc2cc(Br)ccc2c1)c1ccc[nH]c1=O. The van der Waals surface area contributed by atoms with Gasteiger partial charge in [0.2, 0.25) is 0 Å². The third-order valence-corrected chi connectivity index (χ3v) is 3.62. The highest BCUT2D eigenvalue weighted by Gasteiger charge is 2.10. The van der Waals surface area contributed by atoms with E-state index in [1.807, 2.05) is 36.4 Å². The van der Waals surface area contributed by atoms with Crippen molar-refractivity contribution in [1.29, 1.82) is 0 Å². The summed E-state index contributed by atoms with van der Waals surface area (Å²) in [6, 6.07) is 14.6. The summed E-state index contributed by atoms with van der Waals surface area (Å²) in [5.74, 6) is -0.423. The quantitative estimate of drug-likeness (QED) is 0.748. The number of amides is 1. The lowest BCUT2D eigenvalue weighted by atomic mass is 10.1. The predicted molar refractivity (Wildman–Crippen MR) is 86.7 cm³/mol. The lowest BCUT2D eigenvalue weighted by molar-refractivity contribution is 0.102. The van der Waals surface area contributed by atoms with Gasteiger partial charge in [0.05, 0.1) is 0 Å². The molecule has 2 aromatic carbocycles. The molecular formula is C16H11BrN2O2. The number of aromatic nitrogens is 1. The van der Waals surface area contributed by atoms with E-state index in [4.69, 9.17) is 0 Å². The third kappa shape index (κ3) is 2.87. The fourth-order valence-electron chi connectivity index (χ4n) is 2.09. The van der Waals surface area contributed by atoms with E-state index >= 15 is 0 Å². The van der Waals surface area contributed by atoms with Gasteiger partial charge in [-0.25, -0.2) is 0 Å². The van der Waals surface area contributed by atoms with Crippen LogP contribution in [-0.2, 0) is 0 Å². The molecule has 3 rings (SSSR count). The minimum absolute atomic E-state index is 0.0911. The van der Waals surface area contributed by atoms with Crippen molar-refractivity contribution in [2.75, 3.05) is 5.32 Å². The normalized spacial score (nSPS) is 10.5. The lowest BCUT2D eigenvalue weighted by Gasteiger charge is -2.06. The van der Waals surface area contributed by atoms with Crippen LogP contribution in [0.1, 0.15) is 10.4 Å². The fourth-order valence-corrected chi connectivity index (χ4v) is 2.47. The van der Waals surface area contributed by atoms with Gasteiger partial charge in [-0.1, -0.05) is 28.1 Å². The van der Waals surface area contributed by atoms with Crippen molar-refractivity contribution in [2.45, 2.75) is 0 Å². The fraction of sp³-hybridized carbons (Fsp3) is 0. The van der Waals surface area contributed by atoms with E-state index in [0.717, 1.165) is 15.2 Å². The number of benzene rings is 2. The van der Waals surface area contributed by atoms with E-state index < -0.39 is 11.5 Å². The molecule has 1 heterocycles. The molecule has 1 aromatic heterocycles. The zero-order valence-electron chi connectivity index (χ0n) is 10.9. The molecule has 0 aliphatic heterocycles. The number of pyridine rings is 1. The van der Waals surface area contributed by atoms with E-state index in [1.54, 1.807) is 6.07 Å². The largest absolute Gasteiger partial charge is 0.328 e. The summed E-state index contributed by atoms with van der Waals surface area (Å²) in [7, 11) is 0. The second kappa shape index (κ2) is 5.54. The molecule has 21 heavy (non-hydrogen) atoms. The molecule has 0 saturated carbocycles. The van der Waals surface area contributed by atoms with Crippen molar-refractivity contribution in [3.63, 3.8) is 0 Å². The Morgan fingerprint density at radius 3 is 2.62 bits per heavy atom. The van der Waals surface area contributed by atoms with Gasteiger partial charge in [-0.2, -0.15) is 0 Å². The van der Waals surface area contributed by atoms with Crippen molar-refractivity contribution in [1.82, 2.24) is 4.98 Å². The van der Waals surface area contributed by atoms with E-state index in [-0.39, 0.29) is 5.56 Å². The minimum atomic E-state index is -0.423. The maximum Gasteiger partial charge on any atom is 0.261 e. The first kappa shape index (κ1) is 13.6. The van der Waals surface area contributed by atoms with Gasteiger partial charge in [-0.3, -0.25) is 9.59 Å². The molecule has 0 fully saturated rings. The van der Waals surface area contributed by atoms with Gasteiger partial charge in [0.25, 0.3) is 11.5 Å². The zero-order valence-corrected chi connectivity index (χ0v) is 12.5. The van der Waals surface area contributed by atoms with Gasteiger partial charge in [0.15, 0.2) is 0 Å². The number of halogens is 1. The topological polar surface area (TPSA) is 62.0 Å². The monoisotopic (exact) mass is 342 g/mol. The van der Waals surface area contributed by atoms with Crippen LogP contribution in [-0.4, -0.2) is 10.9 Å². The number of anilines is 1. The Hall–Kier alpha value is -2.40. The average Bonchev–Trinajstić information content (AvgIpc) is 2.48. The first-order valence-corrected chi connectivity index (χ1v) is 7.11. The molecule has 5 heteroatoms. The molecule has 4 nitrogen and oxygen atoms in total. The Balaban J connectivity index is 1.91. The maximum absolute atomic E-state index is 12.1. The molecule has 3 aromatic rings. The molecule has 2 N–H and O–H groups in total. The second-order valence-electron chi connectivity index (χ2n) is 4.57. The summed E-state index contributed by atoms with van der Waals surface area (Å²) in [4.78, 5) is 26.1. The highest BCUT2D eigenvalue weighted by atomic mass is 79.9. The molecule has 0 aliphatic rings. The van der Waals surface area contributed by atoms with Crippen LogP contribution < -0.4 is 10.9 Å². The van der Waals surface area contributed by atoms with E-state index in [1.165, 1.54) is 12.3 Å². The van der Waals surface area contributed by atoms with Crippen molar-refractivity contribution < 1.29 is 4.79 Å². The Morgan fingerprint density at radius 2 is 1.81 bits per heavy atom. The number of hydrogen-bond donors (Lipinski definition) is 2. The van der Waals surface area contributed by atoms with Crippen molar-refractivity contribution >= 4 is 38.3 Å². The number of fused-ring (bicyclic) bond motifs is 1. The van der Waals surface area contributed by atoms with Crippen LogP contribution in [0, 0.1) is 0 Å². The van der Waals surface area contributed by atoms with Crippen LogP contribution in [0.15, 0.2) is 64.0 Å². The summed E-state index contributed by atoms with van der Waals surface area (Å²) in [6.45, 7) is 0. The molecule has 0 radical (unpaired) electrons. The first-order chi connectivity index (χ1) is 10.1. The van der Waals surface area contributed by atoms with Crippen LogP contribution in [0.2, 0.25) is 0 Å². The number of H-pyrrole nitrogens is 1. The molecule has 0 atom stereocenters. The van der Waals surface area contributed by atoms with E-state index in [0.29, 0.717) is 5.69 Å². The van der Waals surface area contributed by atoms with Crippen molar-refractivity contribution in [3.8, 4) is 0 Å². The number of aromatic amines is 1. The van der Waals surface area contributed by atoms with Gasteiger partial charge in [-0.05, 0) is 47.2 Å². The highest BCUT2D eigenvalue weighted by molar-refractivity contribution is 9.10. The van der Waals surface area contributed by atoms with Crippen LogP contribution in [0.25, 0.3) is 10.8 Å². The summed E-state index contributed by atoms with van der Waals surface area (Å²) in [5.41, 5.74) is 0.339. The highest BCUT2D eigenvalue weighted by Crippen LogP contribution is 2.23. The standard InChI is InChI=1S/C16H11BrN2O2/c17-12-5-3-11-9-13(6-4-10(11)8-12)19-16(21)14-2-1-7-18-15(14)20/h1-9H,(H,18,20)(H,19,21). The summed E-state index contributed by atoms with van der Waals surface area (Å²) >= 11 is 3.42. The van der Waals surface area contributed by atoms with E-state index in [2.05, 4.69) is 26.2 Å². The number of carbonyl (C=O) groups is 1. The Morgan fingerprint density at radius 1 is 1.05 bits per heavy atom. The number of carbonyl (C=O) groups excluding carboxylic acids is 1. The van der Waals surface area contributed by atoms with Crippen LogP contribution in [0.4, 0.5) is 5.69 Å². The van der Waals surface area contributed by atoms with Gasteiger partial charge < -0.3 is 10.3 Å². The Kier molecular flexibility index (Phi) is 3.58. The molecule has 0 unspecified atom stereocenters. The summed E-state index contributed by atoms with van der Waals surface area (Å²) < 4.78 is 1.00. The molecular weight excluding hydrogens is 332 g/mol. The number of rotatable bonds is 2. The lowest BCUT2D eigenvalue weighted by Crippen LogP contribution is -2.22. The van der Waals surface area contributed by atoms with Gasteiger partial charge in [0, 0.05) is 16.4 Å². The van der Waals surface area contributed by atoms with Crippen LogP contribution >= 0.6 is 15.9 Å². The summed E-state index contributed by atoms with van der Waals surface area (Å²) in [6.07, 6.45) is 1.49. The van der Waals surface area contributed by atoms with Gasteiger partial charge >= 0.3 is 0 Å². The zero-order chi connectivity index (χ0) is 14.8. The maximum atomic E-state index is 12.1. The van der Waals surface area contributed by atoms with Crippen LogP contribution in [0.5, 0.6) is 0 Å². The molecule has 0 bridgehead atoms. The van der Waals surface area contributed by atoms with Crippen molar-refractivity contribution in [2.24, 2.45) is 0 Å². The van der Waals surface area contributed by atoms with Gasteiger partial charge in [-0.15, -0.1) is 0 Å². The Labute approximate surface area is 128 Å². The molecule has 0 aliphatic carbocycles. The number of hydrogen-bond acceptors (Lipinski definition) is 2. The smallest absolute Gasteiger partial charge is 0.261 e. The number of nitrogens with one attached hydrogen (secondary N) is 2. The van der Waals surface area contributed by atoms with Crippen molar-refractivity contribution in [3.05, 3.63) is 75.1 Å².